The number of rotatable bonds is 7. The first kappa shape index (κ1) is 15.9. The second kappa shape index (κ2) is 8.09. The maximum atomic E-state index is 11.7. The highest BCUT2D eigenvalue weighted by Crippen LogP contribution is 2.18. The molecule has 5 nitrogen and oxygen atoms in total. The van der Waals surface area contributed by atoms with Gasteiger partial charge < -0.3 is 10.1 Å². The zero-order valence-corrected chi connectivity index (χ0v) is 14.0. The second-order valence-corrected chi connectivity index (χ2v) is 6.29. The molecule has 1 aromatic heterocycles. The van der Waals surface area contributed by atoms with Gasteiger partial charge in [0, 0.05) is 10.9 Å². The van der Waals surface area contributed by atoms with Crippen LogP contribution in [0, 0.1) is 0 Å². The third-order valence-electron chi connectivity index (χ3n) is 2.63. The SMILES string of the molecule is CCc1nnc(NC(=O)CCCOc2cccc(Br)c2)s1. The Morgan fingerprint density at radius 1 is 1.43 bits per heavy atom. The number of aromatic nitrogens is 2. The monoisotopic (exact) mass is 369 g/mol. The molecule has 0 atom stereocenters. The van der Waals surface area contributed by atoms with E-state index in [9.17, 15) is 4.79 Å². The summed E-state index contributed by atoms with van der Waals surface area (Å²) in [6.45, 7) is 2.51. The minimum absolute atomic E-state index is 0.0633. The molecule has 2 rings (SSSR count). The number of nitrogens with zero attached hydrogens (tertiary/aromatic N) is 2. The van der Waals surface area contributed by atoms with Gasteiger partial charge in [0.25, 0.3) is 0 Å². The van der Waals surface area contributed by atoms with E-state index < -0.39 is 0 Å². The number of hydrogen-bond acceptors (Lipinski definition) is 5. The molecule has 0 unspecified atom stereocenters. The van der Waals surface area contributed by atoms with E-state index in [0.29, 0.717) is 24.6 Å². The van der Waals surface area contributed by atoms with Gasteiger partial charge in [-0.2, -0.15) is 0 Å². The number of aryl methyl sites for hydroxylation is 1. The van der Waals surface area contributed by atoms with Gasteiger partial charge in [-0.25, -0.2) is 0 Å². The number of halogens is 1. The van der Waals surface area contributed by atoms with Gasteiger partial charge in [-0.15, -0.1) is 10.2 Å². The summed E-state index contributed by atoms with van der Waals surface area (Å²) in [4.78, 5) is 11.7. The molecule has 1 N–H and O–H groups in total. The van der Waals surface area contributed by atoms with Crippen molar-refractivity contribution in [3.8, 4) is 5.75 Å². The topological polar surface area (TPSA) is 64.1 Å². The molecule has 0 aliphatic carbocycles. The fourth-order valence-electron chi connectivity index (χ4n) is 1.61. The lowest BCUT2D eigenvalue weighted by Gasteiger charge is -2.06. The molecule has 0 saturated heterocycles. The predicted molar refractivity (Wildman–Crippen MR) is 86.8 cm³/mol. The number of carbonyl (C=O) groups is 1. The van der Waals surface area contributed by atoms with Crippen molar-refractivity contribution in [2.24, 2.45) is 0 Å². The Bertz CT molecular complexity index is 603. The van der Waals surface area contributed by atoms with Crippen molar-refractivity contribution in [1.29, 1.82) is 0 Å². The number of hydrogen-bond donors (Lipinski definition) is 1. The predicted octanol–water partition coefficient (Wildman–Crippen LogP) is 3.66. The number of amides is 1. The molecule has 0 bridgehead atoms. The largest absolute Gasteiger partial charge is 0.494 e. The molecular weight excluding hydrogens is 354 g/mol. The lowest BCUT2D eigenvalue weighted by Crippen LogP contribution is -2.12. The Morgan fingerprint density at radius 3 is 3.00 bits per heavy atom. The van der Waals surface area contributed by atoms with Gasteiger partial charge >= 0.3 is 0 Å². The summed E-state index contributed by atoms with van der Waals surface area (Å²) in [5, 5.41) is 12.1. The number of anilines is 1. The normalized spacial score (nSPS) is 10.4. The van der Waals surface area contributed by atoms with Crippen molar-refractivity contribution in [2.45, 2.75) is 26.2 Å². The molecule has 2 aromatic rings. The van der Waals surface area contributed by atoms with Crippen molar-refractivity contribution in [2.75, 3.05) is 11.9 Å². The molecule has 1 heterocycles. The van der Waals surface area contributed by atoms with Gasteiger partial charge in [-0.3, -0.25) is 4.79 Å². The van der Waals surface area contributed by atoms with Crippen LogP contribution < -0.4 is 10.1 Å². The minimum Gasteiger partial charge on any atom is -0.494 e. The molecule has 0 aliphatic heterocycles. The first-order valence-corrected chi connectivity index (χ1v) is 8.29. The average molecular weight is 370 g/mol. The fraction of sp³-hybridized carbons (Fsp3) is 0.357. The Morgan fingerprint density at radius 2 is 2.29 bits per heavy atom. The van der Waals surface area contributed by atoms with Crippen molar-refractivity contribution in [1.82, 2.24) is 10.2 Å². The van der Waals surface area contributed by atoms with E-state index in [2.05, 4.69) is 31.4 Å². The smallest absolute Gasteiger partial charge is 0.226 e. The van der Waals surface area contributed by atoms with E-state index in [1.54, 1.807) is 0 Å². The highest BCUT2D eigenvalue weighted by Gasteiger charge is 2.07. The number of carbonyl (C=O) groups excluding carboxylic acids is 1. The quantitative estimate of drug-likeness (QED) is 0.756. The lowest BCUT2D eigenvalue weighted by atomic mass is 10.3. The molecule has 0 spiro atoms. The summed E-state index contributed by atoms with van der Waals surface area (Å²) < 4.78 is 6.55. The van der Waals surface area contributed by atoms with E-state index in [1.165, 1.54) is 11.3 Å². The number of ether oxygens (including phenoxy) is 1. The van der Waals surface area contributed by atoms with E-state index in [4.69, 9.17) is 4.74 Å². The maximum absolute atomic E-state index is 11.7. The van der Waals surface area contributed by atoms with Gasteiger partial charge in [-0.1, -0.05) is 40.3 Å². The zero-order chi connectivity index (χ0) is 15.1. The molecule has 0 radical (unpaired) electrons. The van der Waals surface area contributed by atoms with E-state index in [0.717, 1.165) is 21.7 Å². The van der Waals surface area contributed by atoms with E-state index in [1.807, 2.05) is 31.2 Å². The summed E-state index contributed by atoms with van der Waals surface area (Å²) >= 11 is 4.79. The maximum Gasteiger partial charge on any atom is 0.226 e. The van der Waals surface area contributed by atoms with Crippen LogP contribution in [0.5, 0.6) is 5.75 Å². The highest BCUT2D eigenvalue weighted by molar-refractivity contribution is 9.10. The minimum atomic E-state index is -0.0633. The summed E-state index contributed by atoms with van der Waals surface area (Å²) in [7, 11) is 0. The third-order valence-corrected chi connectivity index (χ3v) is 4.10. The zero-order valence-electron chi connectivity index (χ0n) is 11.6. The van der Waals surface area contributed by atoms with Gasteiger partial charge in [0.15, 0.2) is 0 Å². The van der Waals surface area contributed by atoms with E-state index in [-0.39, 0.29) is 5.91 Å². The van der Waals surface area contributed by atoms with Crippen LogP contribution >= 0.6 is 27.3 Å². The third kappa shape index (κ3) is 5.43. The Hall–Kier alpha value is -1.47. The second-order valence-electron chi connectivity index (χ2n) is 4.31. The molecule has 112 valence electrons. The summed E-state index contributed by atoms with van der Waals surface area (Å²) in [6.07, 6.45) is 1.88. The highest BCUT2D eigenvalue weighted by atomic mass is 79.9. The summed E-state index contributed by atoms with van der Waals surface area (Å²) in [5.41, 5.74) is 0. The number of benzene rings is 1. The van der Waals surface area contributed by atoms with Crippen molar-refractivity contribution in [3.63, 3.8) is 0 Å². The van der Waals surface area contributed by atoms with Crippen LogP contribution in [0.25, 0.3) is 0 Å². The van der Waals surface area contributed by atoms with Crippen LogP contribution in [0.4, 0.5) is 5.13 Å². The molecule has 1 amide bonds. The molecule has 0 aliphatic rings. The van der Waals surface area contributed by atoms with Gasteiger partial charge in [0.1, 0.15) is 10.8 Å². The molecule has 0 saturated carbocycles. The fourth-order valence-corrected chi connectivity index (χ4v) is 2.68. The van der Waals surface area contributed by atoms with Gasteiger partial charge in [0.2, 0.25) is 11.0 Å². The van der Waals surface area contributed by atoms with Gasteiger partial charge in [0.05, 0.1) is 6.61 Å². The Kier molecular flexibility index (Phi) is 6.13. The first-order chi connectivity index (χ1) is 10.2. The Labute approximate surface area is 135 Å². The average Bonchev–Trinajstić information content (AvgIpc) is 2.91. The van der Waals surface area contributed by atoms with E-state index >= 15 is 0 Å². The molecular formula is C14H16BrN3O2S. The van der Waals surface area contributed by atoms with Crippen molar-refractivity contribution < 1.29 is 9.53 Å². The molecule has 1 aromatic carbocycles. The number of nitrogens with one attached hydrogen (secondary N) is 1. The van der Waals surface area contributed by atoms with Crippen molar-refractivity contribution >= 4 is 38.3 Å². The van der Waals surface area contributed by atoms with Crippen molar-refractivity contribution in [3.05, 3.63) is 33.7 Å². The van der Waals surface area contributed by atoms with Crippen LogP contribution in [-0.4, -0.2) is 22.7 Å². The van der Waals surface area contributed by atoms with Gasteiger partial charge in [-0.05, 0) is 31.0 Å². The summed E-state index contributed by atoms with van der Waals surface area (Å²) in [6, 6.07) is 7.63. The van der Waals surface area contributed by atoms with Crippen LogP contribution in [0.2, 0.25) is 0 Å². The van der Waals surface area contributed by atoms with Crippen LogP contribution in [0.3, 0.4) is 0 Å². The molecule has 7 heteroatoms. The van der Waals surface area contributed by atoms with Crippen LogP contribution in [-0.2, 0) is 11.2 Å². The molecule has 21 heavy (non-hydrogen) atoms. The molecule has 0 fully saturated rings. The summed E-state index contributed by atoms with van der Waals surface area (Å²) in [5.74, 6) is 0.730. The van der Waals surface area contributed by atoms with Crippen LogP contribution in [0.1, 0.15) is 24.8 Å². The Balaban J connectivity index is 1.67. The van der Waals surface area contributed by atoms with Crippen LogP contribution in [0.15, 0.2) is 28.7 Å². The lowest BCUT2D eigenvalue weighted by molar-refractivity contribution is -0.116. The first-order valence-electron chi connectivity index (χ1n) is 6.68. The standard InChI is InChI=1S/C14H16BrN3O2S/c1-2-13-17-18-14(21-13)16-12(19)7-4-8-20-11-6-3-5-10(15)9-11/h3,5-6,9H,2,4,7-8H2,1H3,(H,16,18,19).